The van der Waals surface area contributed by atoms with Gasteiger partial charge in [-0.2, -0.15) is 4.72 Å². The molecule has 114 valence electrons. The highest BCUT2D eigenvalue weighted by Gasteiger charge is 2.39. The molecule has 0 aromatic heterocycles. The minimum atomic E-state index is -4.04. The summed E-state index contributed by atoms with van der Waals surface area (Å²) in [6.45, 7) is 1.43. The van der Waals surface area contributed by atoms with Crippen LogP contribution in [0.3, 0.4) is 0 Å². The monoisotopic (exact) mass is 314 g/mol. The molecule has 2 N–H and O–H groups in total. The van der Waals surface area contributed by atoms with Gasteiger partial charge in [-0.3, -0.25) is 14.9 Å². The van der Waals surface area contributed by atoms with Crippen molar-refractivity contribution < 1.29 is 23.2 Å². The number of benzene rings is 1. The highest BCUT2D eigenvalue weighted by atomic mass is 32.2. The SMILES string of the molecule is Cc1cc([N+](=O)[O-])ccc1S(=O)(=O)NC(C(=O)O)C1CC1. The van der Waals surface area contributed by atoms with Crippen LogP contribution in [-0.2, 0) is 14.8 Å². The van der Waals surface area contributed by atoms with Crippen LogP contribution in [0.1, 0.15) is 18.4 Å². The van der Waals surface area contributed by atoms with Gasteiger partial charge in [0.2, 0.25) is 10.0 Å². The number of sulfonamides is 1. The number of carboxylic acids is 1. The van der Waals surface area contributed by atoms with Crippen LogP contribution >= 0.6 is 0 Å². The number of nitrogens with zero attached hydrogens (tertiary/aromatic N) is 1. The zero-order valence-electron chi connectivity index (χ0n) is 11.1. The van der Waals surface area contributed by atoms with Crippen LogP contribution in [0, 0.1) is 23.0 Å². The highest BCUT2D eigenvalue weighted by molar-refractivity contribution is 7.89. The summed E-state index contributed by atoms with van der Waals surface area (Å²) in [4.78, 5) is 21.0. The first kappa shape index (κ1) is 15.4. The fraction of sp³-hybridized carbons (Fsp3) is 0.417. The molecule has 2 rings (SSSR count). The van der Waals surface area contributed by atoms with Crippen LogP contribution in [0.15, 0.2) is 23.1 Å². The topological polar surface area (TPSA) is 127 Å². The Balaban J connectivity index is 2.31. The largest absolute Gasteiger partial charge is 0.480 e. The molecule has 0 amide bonds. The van der Waals surface area contributed by atoms with Crippen molar-refractivity contribution >= 4 is 21.7 Å². The Morgan fingerprint density at radius 2 is 2.10 bits per heavy atom. The number of nitrogens with one attached hydrogen (secondary N) is 1. The lowest BCUT2D eigenvalue weighted by Crippen LogP contribution is -2.42. The molecule has 1 fully saturated rings. The van der Waals surface area contributed by atoms with E-state index in [2.05, 4.69) is 4.72 Å². The normalized spacial score (nSPS) is 16.4. The van der Waals surface area contributed by atoms with E-state index in [9.17, 15) is 23.3 Å². The van der Waals surface area contributed by atoms with Gasteiger partial charge in [-0.1, -0.05) is 0 Å². The van der Waals surface area contributed by atoms with Gasteiger partial charge >= 0.3 is 5.97 Å². The van der Waals surface area contributed by atoms with Crippen molar-refractivity contribution in [2.75, 3.05) is 0 Å². The smallest absolute Gasteiger partial charge is 0.322 e. The maximum atomic E-state index is 12.2. The second kappa shape index (κ2) is 5.41. The number of nitro benzene ring substituents is 1. The quantitative estimate of drug-likeness (QED) is 0.596. The van der Waals surface area contributed by atoms with Crippen molar-refractivity contribution in [3.8, 4) is 0 Å². The fourth-order valence-electron chi connectivity index (χ4n) is 2.06. The molecule has 0 bridgehead atoms. The molecule has 0 spiro atoms. The van der Waals surface area contributed by atoms with Crippen molar-refractivity contribution in [1.82, 2.24) is 4.72 Å². The fourth-order valence-corrected chi connectivity index (χ4v) is 3.54. The summed E-state index contributed by atoms with van der Waals surface area (Å²) in [5.41, 5.74) is -0.0277. The maximum Gasteiger partial charge on any atom is 0.322 e. The molecule has 1 unspecified atom stereocenters. The molecular formula is C12H14N2O6S. The molecule has 1 aliphatic carbocycles. The third-order valence-corrected chi connectivity index (χ3v) is 4.90. The Morgan fingerprint density at radius 1 is 1.48 bits per heavy atom. The summed E-state index contributed by atoms with van der Waals surface area (Å²) >= 11 is 0. The molecule has 1 aromatic rings. The van der Waals surface area contributed by atoms with Gasteiger partial charge in [0.1, 0.15) is 6.04 Å². The van der Waals surface area contributed by atoms with Crippen LogP contribution in [0.4, 0.5) is 5.69 Å². The van der Waals surface area contributed by atoms with Gasteiger partial charge in [0, 0.05) is 12.1 Å². The zero-order valence-corrected chi connectivity index (χ0v) is 12.0. The minimum Gasteiger partial charge on any atom is -0.480 e. The Bertz CT molecular complexity index is 696. The molecule has 21 heavy (non-hydrogen) atoms. The molecule has 0 heterocycles. The minimum absolute atomic E-state index is 0.153. The molecule has 8 nitrogen and oxygen atoms in total. The number of hydrogen-bond donors (Lipinski definition) is 2. The second-order valence-electron chi connectivity index (χ2n) is 4.98. The van der Waals surface area contributed by atoms with E-state index < -0.39 is 27.0 Å². The van der Waals surface area contributed by atoms with E-state index in [0.29, 0.717) is 12.8 Å². The summed E-state index contributed by atoms with van der Waals surface area (Å²) in [7, 11) is -4.04. The van der Waals surface area contributed by atoms with E-state index in [-0.39, 0.29) is 22.1 Å². The number of aryl methyl sites for hydroxylation is 1. The Labute approximate surface area is 121 Å². The lowest BCUT2D eigenvalue weighted by atomic mass is 10.2. The van der Waals surface area contributed by atoms with Crippen molar-refractivity contribution in [1.29, 1.82) is 0 Å². The summed E-state index contributed by atoms with van der Waals surface area (Å²) < 4.78 is 26.6. The molecule has 0 radical (unpaired) electrons. The van der Waals surface area contributed by atoms with Gasteiger partial charge in [-0.15, -0.1) is 0 Å². The number of non-ortho nitro benzene ring substituents is 1. The standard InChI is InChI=1S/C12H14N2O6S/c1-7-6-9(14(17)18)4-5-10(7)21(19,20)13-11(12(15)16)8-2-3-8/h4-6,8,11,13H,2-3H2,1H3,(H,15,16). The van der Waals surface area contributed by atoms with Crippen LogP contribution < -0.4 is 4.72 Å². The van der Waals surface area contributed by atoms with E-state index in [1.165, 1.54) is 6.92 Å². The number of hydrogen-bond acceptors (Lipinski definition) is 5. The van der Waals surface area contributed by atoms with Crippen molar-refractivity contribution in [2.45, 2.75) is 30.7 Å². The molecule has 9 heteroatoms. The summed E-state index contributed by atoms with van der Waals surface area (Å²) in [6, 6.07) is 2.17. The van der Waals surface area contributed by atoms with E-state index in [4.69, 9.17) is 5.11 Å². The average Bonchev–Trinajstić information content (AvgIpc) is 3.19. The summed E-state index contributed by atoms with van der Waals surface area (Å²) in [6.07, 6.45) is 1.33. The maximum absolute atomic E-state index is 12.2. The van der Waals surface area contributed by atoms with E-state index >= 15 is 0 Å². The van der Waals surface area contributed by atoms with Crippen molar-refractivity contribution in [3.05, 3.63) is 33.9 Å². The van der Waals surface area contributed by atoms with Gasteiger partial charge in [0.25, 0.3) is 5.69 Å². The molecule has 1 saturated carbocycles. The summed E-state index contributed by atoms with van der Waals surface area (Å²) in [5, 5.41) is 19.7. The first-order chi connectivity index (χ1) is 9.72. The Kier molecular flexibility index (Phi) is 3.97. The summed E-state index contributed by atoms with van der Waals surface area (Å²) in [5.74, 6) is -1.42. The second-order valence-corrected chi connectivity index (χ2v) is 6.66. The van der Waals surface area contributed by atoms with Gasteiger partial charge in [0.15, 0.2) is 0 Å². The van der Waals surface area contributed by atoms with Crippen molar-refractivity contribution in [3.63, 3.8) is 0 Å². The van der Waals surface area contributed by atoms with Crippen LogP contribution in [-0.4, -0.2) is 30.5 Å². The third-order valence-electron chi connectivity index (χ3n) is 3.30. The molecule has 1 aromatic carbocycles. The van der Waals surface area contributed by atoms with E-state index in [1.54, 1.807) is 0 Å². The number of aliphatic carboxylic acids is 1. The number of nitro groups is 1. The highest BCUT2D eigenvalue weighted by Crippen LogP contribution is 2.33. The lowest BCUT2D eigenvalue weighted by molar-refractivity contribution is -0.385. The van der Waals surface area contributed by atoms with Crippen LogP contribution in [0.2, 0.25) is 0 Å². The van der Waals surface area contributed by atoms with E-state index in [1.807, 2.05) is 0 Å². The molecule has 1 aliphatic rings. The van der Waals surface area contributed by atoms with Crippen molar-refractivity contribution in [2.24, 2.45) is 5.92 Å². The van der Waals surface area contributed by atoms with Gasteiger partial charge in [-0.25, -0.2) is 8.42 Å². The predicted molar refractivity (Wildman–Crippen MR) is 72.3 cm³/mol. The third kappa shape index (κ3) is 3.37. The average molecular weight is 314 g/mol. The number of carbonyl (C=O) groups is 1. The predicted octanol–water partition coefficient (Wildman–Crippen LogP) is 1.04. The number of rotatable bonds is 6. The van der Waals surface area contributed by atoms with Gasteiger partial charge in [-0.05, 0) is 37.3 Å². The van der Waals surface area contributed by atoms with Crippen LogP contribution in [0.25, 0.3) is 0 Å². The van der Waals surface area contributed by atoms with Gasteiger partial charge in [0.05, 0.1) is 9.82 Å². The molecular weight excluding hydrogens is 300 g/mol. The Hall–Kier alpha value is -2.00. The van der Waals surface area contributed by atoms with Crippen LogP contribution in [0.5, 0.6) is 0 Å². The van der Waals surface area contributed by atoms with E-state index in [0.717, 1.165) is 18.2 Å². The molecule has 1 atom stereocenters. The molecule has 0 aliphatic heterocycles. The zero-order chi connectivity index (χ0) is 15.8. The Morgan fingerprint density at radius 3 is 2.52 bits per heavy atom. The van der Waals surface area contributed by atoms with Gasteiger partial charge < -0.3 is 5.11 Å². The first-order valence-electron chi connectivity index (χ1n) is 6.22. The number of carboxylic acid groups (broad SMARTS) is 1. The molecule has 0 saturated heterocycles. The first-order valence-corrected chi connectivity index (χ1v) is 7.71. The lowest BCUT2D eigenvalue weighted by Gasteiger charge is -2.15.